The Hall–Kier alpha value is -0.610. The van der Waals surface area contributed by atoms with E-state index >= 15 is 0 Å². The summed E-state index contributed by atoms with van der Waals surface area (Å²) in [6, 6.07) is 0. The van der Waals surface area contributed by atoms with Gasteiger partial charge in [-0.2, -0.15) is 0 Å². The standard InChI is InChI=1S/C12H24N2O2/c1-4-5-12(15)13-6-7-14-8-10(2)16-11(3)9-14/h10-11H,4-9H2,1-3H3,(H,13,15)/t10-,11+. The van der Waals surface area contributed by atoms with Gasteiger partial charge in [-0.05, 0) is 20.3 Å². The summed E-state index contributed by atoms with van der Waals surface area (Å²) in [5, 5.41) is 2.94. The second kappa shape index (κ2) is 6.86. The highest BCUT2D eigenvalue weighted by Crippen LogP contribution is 2.09. The SMILES string of the molecule is CCCC(=O)NCCN1C[C@@H](C)O[C@@H](C)C1. The molecular formula is C12H24N2O2. The van der Waals surface area contributed by atoms with E-state index in [2.05, 4.69) is 24.1 Å². The molecule has 0 bridgehead atoms. The molecule has 1 fully saturated rings. The Balaban J connectivity index is 2.14. The van der Waals surface area contributed by atoms with Crippen LogP contribution in [0.1, 0.15) is 33.6 Å². The van der Waals surface area contributed by atoms with Crippen molar-refractivity contribution in [3.63, 3.8) is 0 Å². The molecule has 1 aliphatic heterocycles. The van der Waals surface area contributed by atoms with Crippen molar-refractivity contribution in [1.82, 2.24) is 10.2 Å². The van der Waals surface area contributed by atoms with Crippen molar-refractivity contribution in [2.24, 2.45) is 0 Å². The monoisotopic (exact) mass is 228 g/mol. The molecule has 0 aliphatic carbocycles. The van der Waals surface area contributed by atoms with Crippen molar-refractivity contribution in [2.75, 3.05) is 26.2 Å². The summed E-state index contributed by atoms with van der Waals surface area (Å²) in [5.41, 5.74) is 0. The van der Waals surface area contributed by atoms with Crippen LogP contribution in [0.2, 0.25) is 0 Å². The van der Waals surface area contributed by atoms with Gasteiger partial charge in [0.05, 0.1) is 12.2 Å². The zero-order valence-electron chi connectivity index (χ0n) is 10.7. The van der Waals surface area contributed by atoms with Crippen LogP contribution in [-0.2, 0) is 9.53 Å². The number of ether oxygens (including phenoxy) is 1. The Morgan fingerprint density at radius 1 is 1.38 bits per heavy atom. The second-order valence-electron chi connectivity index (χ2n) is 4.62. The van der Waals surface area contributed by atoms with Gasteiger partial charge in [0.25, 0.3) is 0 Å². The van der Waals surface area contributed by atoms with Crippen LogP contribution in [0.5, 0.6) is 0 Å². The fraction of sp³-hybridized carbons (Fsp3) is 0.917. The molecule has 16 heavy (non-hydrogen) atoms. The first-order valence-electron chi connectivity index (χ1n) is 6.26. The van der Waals surface area contributed by atoms with Crippen LogP contribution in [0, 0.1) is 0 Å². The highest BCUT2D eigenvalue weighted by Gasteiger charge is 2.21. The summed E-state index contributed by atoms with van der Waals surface area (Å²) in [4.78, 5) is 13.6. The third kappa shape index (κ3) is 4.94. The number of hydrogen-bond donors (Lipinski definition) is 1. The van der Waals surface area contributed by atoms with Crippen molar-refractivity contribution in [1.29, 1.82) is 0 Å². The van der Waals surface area contributed by atoms with Gasteiger partial charge < -0.3 is 10.1 Å². The van der Waals surface area contributed by atoms with Crippen molar-refractivity contribution < 1.29 is 9.53 Å². The lowest BCUT2D eigenvalue weighted by atomic mass is 10.2. The molecule has 0 spiro atoms. The number of amides is 1. The minimum Gasteiger partial charge on any atom is -0.373 e. The summed E-state index contributed by atoms with van der Waals surface area (Å²) in [6.45, 7) is 9.81. The number of nitrogens with zero attached hydrogens (tertiary/aromatic N) is 1. The van der Waals surface area contributed by atoms with Crippen molar-refractivity contribution in [3.05, 3.63) is 0 Å². The molecule has 1 amide bonds. The first kappa shape index (κ1) is 13.5. The first-order chi connectivity index (χ1) is 7.61. The molecular weight excluding hydrogens is 204 g/mol. The molecule has 4 nitrogen and oxygen atoms in total. The van der Waals surface area contributed by atoms with E-state index in [1.165, 1.54) is 0 Å². The van der Waals surface area contributed by atoms with E-state index in [0.29, 0.717) is 18.6 Å². The molecule has 0 aromatic rings. The summed E-state index contributed by atoms with van der Waals surface area (Å²) >= 11 is 0. The van der Waals surface area contributed by atoms with Crippen LogP contribution in [0.15, 0.2) is 0 Å². The topological polar surface area (TPSA) is 41.6 Å². The van der Waals surface area contributed by atoms with E-state index in [-0.39, 0.29) is 5.91 Å². The van der Waals surface area contributed by atoms with Crippen LogP contribution in [0.4, 0.5) is 0 Å². The lowest BCUT2D eigenvalue weighted by Crippen LogP contribution is -2.47. The predicted molar refractivity (Wildman–Crippen MR) is 64.4 cm³/mol. The lowest BCUT2D eigenvalue weighted by Gasteiger charge is -2.35. The van der Waals surface area contributed by atoms with Crippen LogP contribution in [0.3, 0.4) is 0 Å². The van der Waals surface area contributed by atoms with Gasteiger partial charge >= 0.3 is 0 Å². The minimum atomic E-state index is 0.164. The number of hydrogen-bond acceptors (Lipinski definition) is 3. The van der Waals surface area contributed by atoms with Crippen LogP contribution in [-0.4, -0.2) is 49.2 Å². The number of carbonyl (C=O) groups is 1. The average molecular weight is 228 g/mol. The normalized spacial score (nSPS) is 26.7. The maximum Gasteiger partial charge on any atom is 0.220 e. The molecule has 94 valence electrons. The number of rotatable bonds is 5. The molecule has 4 heteroatoms. The van der Waals surface area contributed by atoms with Gasteiger partial charge in [-0.15, -0.1) is 0 Å². The van der Waals surface area contributed by atoms with Crippen LogP contribution < -0.4 is 5.32 Å². The predicted octanol–water partition coefficient (Wildman–Crippen LogP) is 1.01. The molecule has 1 aliphatic rings. The number of morpholine rings is 1. The molecule has 1 N–H and O–H groups in total. The highest BCUT2D eigenvalue weighted by atomic mass is 16.5. The Labute approximate surface area is 98.3 Å². The Morgan fingerprint density at radius 2 is 2.00 bits per heavy atom. The summed E-state index contributed by atoms with van der Waals surface area (Å²) < 4.78 is 5.65. The number of nitrogens with one attached hydrogen (secondary N) is 1. The summed E-state index contributed by atoms with van der Waals surface area (Å²) in [7, 11) is 0. The first-order valence-corrected chi connectivity index (χ1v) is 6.26. The van der Waals surface area contributed by atoms with Crippen LogP contribution >= 0.6 is 0 Å². The van der Waals surface area contributed by atoms with Gasteiger partial charge in [0.1, 0.15) is 0 Å². The van der Waals surface area contributed by atoms with Gasteiger partial charge in [0, 0.05) is 32.6 Å². The molecule has 1 saturated heterocycles. The van der Waals surface area contributed by atoms with Gasteiger partial charge in [0.15, 0.2) is 0 Å². The molecule has 2 atom stereocenters. The Morgan fingerprint density at radius 3 is 2.56 bits per heavy atom. The molecule has 0 unspecified atom stereocenters. The Bertz CT molecular complexity index is 211. The third-order valence-electron chi connectivity index (χ3n) is 2.72. The fourth-order valence-corrected chi connectivity index (χ4v) is 2.14. The van der Waals surface area contributed by atoms with Gasteiger partial charge in [-0.25, -0.2) is 0 Å². The minimum absolute atomic E-state index is 0.164. The van der Waals surface area contributed by atoms with E-state index < -0.39 is 0 Å². The van der Waals surface area contributed by atoms with Crippen molar-refractivity contribution in [3.8, 4) is 0 Å². The van der Waals surface area contributed by atoms with Crippen LogP contribution in [0.25, 0.3) is 0 Å². The third-order valence-corrected chi connectivity index (χ3v) is 2.72. The lowest BCUT2D eigenvalue weighted by molar-refractivity contribution is -0.121. The van der Waals surface area contributed by atoms with E-state index in [0.717, 1.165) is 32.6 Å². The van der Waals surface area contributed by atoms with Crippen molar-refractivity contribution in [2.45, 2.75) is 45.8 Å². The molecule has 0 aromatic heterocycles. The van der Waals surface area contributed by atoms with Gasteiger partial charge in [-0.3, -0.25) is 9.69 Å². The molecule has 1 rings (SSSR count). The van der Waals surface area contributed by atoms with Gasteiger partial charge in [0.2, 0.25) is 5.91 Å². The van der Waals surface area contributed by atoms with Gasteiger partial charge in [-0.1, -0.05) is 6.92 Å². The fourth-order valence-electron chi connectivity index (χ4n) is 2.14. The maximum atomic E-state index is 11.3. The quantitative estimate of drug-likeness (QED) is 0.763. The van der Waals surface area contributed by atoms with E-state index in [1.807, 2.05) is 6.92 Å². The molecule has 0 radical (unpaired) electrons. The smallest absolute Gasteiger partial charge is 0.220 e. The molecule has 0 aromatic carbocycles. The van der Waals surface area contributed by atoms with E-state index in [9.17, 15) is 4.79 Å². The van der Waals surface area contributed by atoms with Crippen molar-refractivity contribution >= 4 is 5.91 Å². The van der Waals surface area contributed by atoms with E-state index in [4.69, 9.17) is 4.74 Å². The largest absolute Gasteiger partial charge is 0.373 e. The Kier molecular flexibility index (Phi) is 5.77. The number of carbonyl (C=O) groups excluding carboxylic acids is 1. The second-order valence-corrected chi connectivity index (χ2v) is 4.62. The zero-order valence-corrected chi connectivity index (χ0v) is 10.7. The maximum absolute atomic E-state index is 11.3. The highest BCUT2D eigenvalue weighted by molar-refractivity contribution is 5.75. The molecule has 1 heterocycles. The molecule has 0 saturated carbocycles. The van der Waals surface area contributed by atoms with E-state index in [1.54, 1.807) is 0 Å². The summed E-state index contributed by atoms with van der Waals surface area (Å²) in [5.74, 6) is 0.164. The zero-order chi connectivity index (χ0) is 12.0. The summed E-state index contributed by atoms with van der Waals surface area (Å²) in [6.07, 6.45) is 2.15. The average Bonchev–Trinajstić information content (AvgIpc) is 2.16.